The minimum atomic E-state index is 0.684. The Balaban J connectivity index is 2.64. The molecule has 0 aliphatic carbocycles. The Kier molecular flexibility index (Phi) is 5.65. The van der Waals surface area contributed by atoms with E-state index in [0.29, 0.717) is 5.92 Å². The van der Waals surface area contributed by atoms with Crippen molar-refractivity contribution in [1.29, 1.82) is 0 Å². The highest BCUT2D eigenvalue weighted by molar-refractivity contribution is 14.1. The van der Waals surface area contributed by atoms with Gasteiger partial charge in [0.1, 0.15) is 0 Å². The van der Waals surface area contributed by atoms with Gasteiger partial charge in [0, 0.05) is 4.43 Å². The number of benzene rings is 1. The molecule has 0 aliphatic rings. The molecule has 1 rings (SSSR count). The van der Waals surface area contributed by atoms with Crippen molar-refractivity contribution in [2.24, 2.45) is 5.92 Å². The zero-order valence-corrected chi connectivity index (χ0v) is 12.1. The molecule has 0 spiro atoms. The van der Waals surface area contributed by atoms with Crippen molar-refractivity contribution < 1.29 is 0 Å². The van der Waals surface area contributed by atoms with Crippen molar-refractivity contribution in [1.82, 2.24) is 0 Å². The minimum absolute atomic E-state index is 0.684. The van der Waals surface area contributed by atoms with E-state index in [4.69, 9.17) is 0 Å². The summed E-state index contributed by atoms with van der Waals surface area (Å²) in [5.74, 6) is 1.49. The summed E-state index contributed by atoms with van der Waals surface area (Å²) in [5.41, 5.74) is 2.95. The van der Waals surface area contributed by atoms with Gasteiger partial charge in [-0.25, -0.2) is 0 Å². The van der Waals surface area contributed by atoms with Crippen molar-refractivity contribution in [3.63, 3.8) is 0 Å². The van der Waals surface area contributed by atoms with Crippen LogP contribution in [0.1, 0.15) is 44.2 Å². The first-order valence-corrected chi connectivity index (χ1v) is 7.34. The van der Waals surface area contributed by atoms with E-state index < -0.39 is 0 Å². The fourth-order valence-corrected chi connectivity index (χ4v) is 2.13. The maximum absolute atomic E-state index is 2.45. The largest absolute Gasteiger partial charge is 0.0857 e. The van der Waals surface area contributed by atoms with Crippen LogP contribution in [0.3, 0.4) is 0 Å². The van der Waals surface area contributed by atoms with Crippen LogP contribution in [0.4, 0.5) is 0 Å². The molecule has 0 saturated carbocycles. The van der Waals surface area contributed by atoms with E-state index in [0.717, 1.165) is 5.92 Å². The highest BCUT2D eigenvalue weighted by Crippen LogP contribution is 2.19. The summed E-state index contributed by atoms with van der Waals surface area (Å²) in [7, 11) is 0. The van der Waals surface area contributed by atoms with Crippen LogP contribution < -0.4 is 0 Å². The Morgan fingerprint density at radius 1 is 1.13 bits per heavy atom. The van der Waals surface area contributed by atoms with E-state index in [1.54, 1.807) is 0 Å². The van der Waals surface area contributed by atoms with Crippen molar-refractivity contribution in [3.8, 4) is 0 Å². The normalized spacial score (nSPS) is 14.9. The molecule has 1 heteroatoms. The molecule has 0 nitrogen and oxygen atoms in total. The van der Waals surface area contributed by atoms with Gasteiger partial charge >= 0.3 is 0 Å². The predicted octanol–water partition coefficient (Wildman–Crippen LogP) is 4.81. The van der Waals surface area contributed by atoms with Crippen molar-refractivity contribution >= 4 is 22.6 Å². The van der Waals surface area contributed by atoms with Crippen LogP contribution in [-0.4, -0.2) is 4.43 Å². The lowest BCUT2D eigenvalue weighted by Crippen LogP contribution is -1.99. The number of halogens is 1. The molecular weight excluding hydrogens is 295 g/mol. The van der Waals surface area contributed by atoms with Crippen LogP contribution in [0.2, 0.25) is 0 Å². The number of alkyl halides is 1. The molecule has 0 bridgehead atoms. The molecule has 0 aliphatic heterocycles. The van der Waals surface area contributed by atoms with Crippen molar-refractivity contribution in [2.45, 2.75) is 39.5 Å². The lowest BCUT2D eigenvalue weighted by molar-refractivity contribution is 0.560. The average Bonchev–Trinajstić information content (AvgIpc) is 2.29. The van der Waals surface area contributed by atoms with Gasteiger partial charge in [0.25, 0.3) is 0 Å². The molecule has 0 amide bonds. The van der Waals surface area contributed by atoms with E-state index in [1.165, 1.54) is 28.4 Å². The molecule has 84 valence electrons. The van der Waals surface area contributed by atoms with E-state index in [-0.39, 0.29) is 0 Å². The first-order chi connectivity index (χ1) is 7.17. The Morgan fingerprint density at radius 2 is 1.73 bits per heavy atom. The first kappa shape index (κ1) is 13.0. The van der Waals surface area contributed by atoms with Crippen molar-refractivity contribution in [2.75, 3.05) is 4.43 Å². The van der Waals surface area contributed by atoms with Crippen LogP contribution in [-0.2, 0) is 6.42 Å². The molecule has 0 N–H and O–H groups in total. The summed E-state index contributed by atoms with van der Waals surface area (Å²) in [4.78, 5) is 0. The molecule has 0 fully saturated rings. The van der Waals surface area contributed by atoms with Crippen LogP contribution in [0.25, 0.3) is 0 Å². The standard InChI is InChI=1S/C14H21I/c1-4-11(2)9-13-5-7-14(8-6-13)12(3)10-15/h5-8,11-12H,4,9-10H2,1-3H3. The lowest BCUT2D eigenvalue weighted by Gasteiger charge is -2.11. The lowest BCUT2D eigenvalue weighted by atomic mass is 9.96. The second kappa shape index (κ2) is 6.51. The van der Waals surface area contributed by atoms with Gasteiger partial charge in [0.15, 0.2) is 0 Å². The Morgan fingerprint density at radius 3 is 2.20 bits per heavy atom. The smallest absolute Gasteiger partial charge is 0.00616 e. The van der Waals surface area contributed by atoms with Gasteiger partial charge in [-0.1, -0.05) is 74.0 Å². The topological polar surface area (TPSA) is 0 Å². The number of hydrogen-bond donors (Lipinski definition) is 0. The summed E-state index contributed by atoms with van der Waals surface area (Å²) in [6.07, 6.45) is 2.49. The second-order valence-electron chi connectivity index (χ2n) is 4.51. The van der Waals surface area contributed by atoms with Crippen LogP contribution in [0.15, 0.2) is 24.3 Å². The van der Waals surface area contributed by atoms with Crippen LogP contribution >= 0.6 is 22.6 Å². The Bertz CT molecular complexity index is 276. The molecule has 0 radical (unpaired) electrons. The first-order valence-electron chi connectivity index (χ1n) is 5.82. The zero-order chi connectivity index (χ0) is 11.3. The highest BCUT2D eigenvalue weighted by Gasteiger charge is 2.04. The average molecular weight is 316 g/mol. The predicted molar refractivity (Wildman–Crippen MR) is 76.9 cm³/mol. The molecule has 1 aromatic carbocycles. The van der Waals surface area contributed by atoms with Gasteiger partial charge in [0.05, 0.1) is 0 Å². The molecule has 0 aromatic heterocycles. The molecule has 2 unspecified atom stereocenters. The Labute approximate surface area is 108 Å². The molecule has 0 saturated heterocycles. The minimum Gasteiger partial charge on any atom is -0.0857 e. The van der Waals surface area contributed by atoms with Crippen LogP contribution in [0.5, 0.6) is 0 Å². The Hall–Kier alpha value is -0.0500. The maximum Gasteiger partial charge on any atom is 0.00616 e. The summed E-state index contributed by atoms with van der Waals surface area (Å²) in [6.45, 7) is 6.87. The number of hydrogen-bond acceptors (Lipinski definition) is 0. The highest BCUT2D eigenvalue weighted by atomic mass is 127. The van der Waals surface area contributed by atoms with Crippen molar-refractivity contribution in [3.05, 3.63) is 35.4 Å². The second-order valence-corrected chi connectivity index (χ2v) is 5.40. The zero-order valence-electron chi connectivity index (χ0n) is 9.96. The fourth-order valence-electron chi connectivity index (χ4n) is 1.62. The van der Waals surface area contributed by atoms with Gasteiger partial charge in [-0.3, -0.25) is 0 Å². The third-order valence-corrected chi connectivity index (χ3v) is 4.38. The van der Waals surface area contributed by atoms with Gasteiger partial charge in [-0.2, -0.15) is 0 Å². The fraction of sp³-hybridized carbons (Fsp3) is 0.571. The van der Waals surface area contributed by atoms with E-state index in [1.807, 2.05) is 0 Å². The van der Waals surface area contributed by atoms with Crippen LogP contribution in [0, 0.1) is 5.92 Å². The quantitative estimate of drug-likeness (QED) is 0.540. The van der Waals surface area contributed by atoms with Gasteiger partial charge in [-0.15, -0.1) is 0 Å². The molecule has 1 aromatic rings. The maximum atomic E-state index is 2.45. The third-order valence-electron chi connectivity index (χ3n) is 3.06. The third kappa shape index (κ3) is 4.13. The van der Waals surface area contributed by atoms with Gasteiger partial charge < -0.3 is 0 Å². The monoisotopic (exact) mass is 316 g/mol. The summed E-state index contributed by atoms with van der Waals surface area (Å²) in [5, 5.41) is 0. The summed E-state index contributed by atoms with van der Waals surface area (Å²) in [6, 6.07) is 9.18. The molecule has 0 heterocycles. The number of rotatable bonds is 5. The molecule has 2 atom stereocenters. The molecule has 15 heavy (non-hydrogen) atoms. The van der Waals surface area contributed by atoms with E-state index in [9.17, 15) is 0 Å². The van der Waals surface area contributed by atoms with Gasteiger partial charge in [0.2, 0.25) is 0 Å². The van der Waals surface area contributed by atoms with Gasteiger partial charge in [-0.05, 0) is 29.4 Å². The van der Waals surface area contributed by atoms with E-state index in [2.05, 4.69) is 67.6 Å². The SMILES string of the molecule is CCC(C)Cc1ccc(C(C)CI)cc1. The summed E-state index contributed by atoms with van der Waals surface area (Å²) < 4.78 is 1.20. The van der Waals surface area contributed by atoms with E-state index >= 15 is 0 Å². The summed E-state index contributed by atoms with van der Waals surface area (Å²) >= 11 is 2.45. The molecular formula is C14H21I.